The van der Waals surface area contributed by atoms with Gasteiger partial charge in [0, 0.05) is 10.5 Å². The zero-order chi connectivity index (χ0) is 15.5. The van der Waals surface area contributed by atoms with Crippen molar-refractivity contribution < 1.29 is 8.42 Å². The van der Waals surface area contributed by atoms with Gasteiger partial charge in [-0.1, -0.05) is 57.9 Å². The van der Waals surface area contributed by atoms with E-state index in [2.05, 4.69) is 20.7 Å². The van der Waals surface area contributed by atoms with Crippen LogP contribution >= 0.6 is 15.9 Å². The lowest BCUT2D eigenvalue weighted by atomic mass is 10.1. The van der Waals surface area contributed by atoms with Crippen molar-refractivity contribution in [3.63, 3.8) is 0 Å². The van der Waals surface area contributed by atoms with E-state index in [9.17, 15) is 8.42 Å². The molecule has 5 heteroatoms. The molecule has 2 aromatic rings. The summed E-state index contributed by atoms with van der Waals surface area (Å²) in [6.45, 7) is 3.86. The van der Waals surface area contributed by atoms with Gasteiger partial charge in [-0.25, -0.2) is 13.1 Å². The fraction of sp³-hybridized carbons (Fsp3) is 0.250. The highest BCUT2D eigenvalue weighted by Gasteiger charge is 2.16. The van der Waals surface area contributed by atoms with E-state index < -0.39 is 10.0 Å². The minimum atomic E-state index is -3.37. The normalized spacial score (nSPS) is 13.1. The predicted molar refractivity (Wildman–Crippen MR) is 89.5 cm³/mol. The van der Waals surface area contributed by atoms with E-state index in [0.717, 1.165) is 21.2 Å². The molecule has 0 heterocycles. The molecule has 1 unspecified atom stereocenters. The zero-order valence-corrected chi connectivity index (χ0v) is 14.4. The minimum Gasteiger partial charge on any atom is -0.212 e. The van der Waals surface area contributed by atoms with Crippen LogP contribution in [-0.2, 0) is 15.8 Å². The molecule has 0 saturated heterocycles. The smallest absolute Gasteiger partial charge is 0.212 e. The number of benzene rings is 2. The largest absolute Gasteiger partial charge is 0.216 e. The monoisotopic (exact) mass is 367 g/mol. The Morgan fingerprint density at radius 1 is 1.05 bits per heavy atom. The van der Waals surface area contributed by atoms with Gasteiger partial charge in [0.25, 0.3) is 0 Å². The van der Waals surface area contributed by atoms with Gasteiger partial charge in [0.15, 0.2) is 0 Å². The molecule has 112 valence electrons. The summed E-state index contributed by atoms with van der Waals surface area (Å²) < 4.78 is 28.1. The molecule has 2 rings (SSSR count). The van der Waals surface area contributed by atoms with Crippen molar-refractivity contribution in [3.8, 4) is 0 Å². The highest BCUT2D eigenvalue weighted by molar-refractivity contribution is 9.10. The Balaban J connectivity index is 2.06. The molecule has 0 fully saturated rings. The number of hydrogen-bond acceptors (Lipinski definition) is 2. The summed E-state index contributed by atoms with van der Waals surface area (Å²) in [7, 11) is -3.37. The van der Waals surface area contributed by atoms with E-state index in [4.69, 9.17) is 0 Å². The van der Waals surface area contributed by atoms with E-state index in [1.807, 2.05) is 50.2 Å². The third kappa shape index (κ3) is 4.95. The first-order valence-corrected chi connectivity index (χ1v) is 9.11. The Kier molecular flexibility index (Phi) is 5.19. The summed E-state index contributed by atoms with van der Waals surface area (Å²) in [6.07, 6.45) is 0. The lowest BCUT2D eigenvalue weighted by Gasteiger charge is -2.15. The summed E-state index contributed by atoms with van der Waals surface area (Å²) in [4.78, 5) is 0. The van der Waals surface area contributed by atoms with Gasteiger partial charge in [-0.05, 0) is 37.1 Å². The van der Waals surface area contributed by atoms with Gasteiger partial charge in [-0.2, -0.15) is 0 Å². The molecule has 0 aliphatic rings. The second-order valence-electron chi connectivity index (χ2n) is 5.14. The molecule has 0 amide bonds. The maximum atomic E-state index is 12.2. The van der Waals surface area contributed by atoms with Crippen molar-refractivity contribution in [2.45, 2.75) is 25.6 Å². The standard InChI is InChI=1S/C16H18BrNO2S/c1-12-3-7-15(8-4-12)13(2)18-21(19,20)11-14-5-9-16(17)10-6-14/h3-10,13,18H,11H2,1-2H3. The Bertz CT molecular complexity index is 694. The molecule has 0 aromatic heterocycles. The Morgan fingerprint density at radius 3 is 2.19 bits per heavy atom. The van der Waals surface area contributed by atoms with Crippen LogP contribution in [-0.4, -0.2) is 8.42 Å². The summed E-state index contributed by atoms with van der Waals surface area (Å²) in [5.74, 6) is -0.0174. The maximum absolute atomic E-state index is 12.2. The SMILES string of the molecule is Cc1ccc(C(C)NS(=O)(=O)Cc2ccc(Br)cc2)cc1. The maximum Gasteiger partial charge on any atom is 0.216 e. The van der Waals surface area contributed by atoms with Crippen LogP contribution < -0.4 is 4.72 Å². The number of sulfonamides is 1. The van der Waals surface area contributed by atoms with Crippen molar-refractivity contribution in [2.75, 3.05) is 0 Å². The van der Waals surface area contributed by atoms with Crippen LogP contribution in [0.25, 0.3) is 0 Å². The quantitative estimate of drug-likeness (QED) is 0.869. The predicted octanol–water partition coefficient (Wildman–Crippen LogP) is 3.94. The summed E-state index contributed by atoms with van der Waals surface area (Å²) in [6, 6.07) is 14.9. The zero-order valence-electron chi connectivity index (χ0n) is 12.0. The van der Waals surface area contributed by atoms with E-state index in [0.29, 0.717) is 0 Å². The van der Waals surface area contributed by atoms with E-state index in [-0.39, 0.29) is 11.8 Å². The molecule has 2 aromatic carbocycles. The highest BCUT2D eigenvalue weighted by atomic mass is 79.9. The molecular formula is C16H18BrNO2S. The molecule has 0 spiro atoms. The van der Waals surface area contributed by atoms with E-state index >= 15 is 0 Å². The molecular weight excluding hydrogens is 350 g/mol. The van der Waals surface area contributed by atoms with Gasteiger partial charge in [0.2, 0.25) is 10.0 Å². The molecule has 0 saturated carbocycles. The second kappa shape index (κ2) is 6.73. The topological polar surface area (TPSA) is 46.2 Å². The van der Waals surface area contributed by atoms with Crippen molar-refractivity contribution >= 4 is 26.0 Å². The van der Waals surface area contributed by atoms with E-state index in [1.165, 1.54) is 0 Å². The molecule has 0 radical (unpaired) electrons. The minimum absolute atomic E-state index is 0.0174. The first-order valence-electron chi connectivity index (χ1n) is 6.67. The van der Waals surface area contributed by atoms with Crippen LogP contribution in [0.5, 0.6) is 0 Å². The van der Waals surface area contributed by atoms with Crippen molar-refractivity contribution in [1.29, 1.82) is 0 Å². The van der Waals surface area contributed by atoms with Gasteiger partial charge >= 0.3 is 0 Å². The third-order valence-electron chi connectivity index (χ3n) is 3.20. The Labute approximate surface area is 134 Å². The Hall–Kier alpha value is -1.17. The number of rotatable bonds is 5. The Morgan fingerprint density at radius 2 is 1.62 bits per heavy atom. The summed E-state index contributed by atoms with van der Waals surface area (Å²) in [5.41, 5.74) is 2.88. The number of nitrogens with one attached hydrogen (secondary N) is 1. The fourth-order valence-electron chi connectivity index (χ4n) is 2.03. The van der Waals surface area contributed by atoms with Crippen LogP contribution in [0.15, 0.2) is 53.0 Å². The van der Waals surface area contributed by atoms with Crippen molar-refractivity contribution in [1.82, 2.24) is 4.72 Å². The molecule has 1 atom stereocenters. The van der Waals surface area contributed by atoms with Gasteiger partial charge in [-0.15, -0.1) is 0 Å². The lowest BCUT2D eigenvalue weighted by molar-refractivity contribution is 0.566. The van der Waals surface area contributed by atoms with Crippen LogP contribution in [0.1, 0.15) is 29.7 Å². The van der Waals surface area contributed by atoms with Gasteiger partial charge < -0.3 is 0 Å². The average molecular weight is 368 g/mol. The van der Waals surface area contributed by atoms with Crippen molar-refractivity contribution in [3.05, 3.63) is 69.7 Å². The van der Waals surface area contributed by atoms with Crippen LogP contribution in [0.2, 0.25) is 0 Å². The molecule has 0 bridgehead atoms. The van der Waals surface area contributed by atoms with Crippen LogP contribution in [0.3, 0.4) is 0 Å². The molecule has 1 N–H and O–H groups in total. The summed E-state index contributed by atoms with van der Waals surface area (Å²) >= 11 is 3.34. The van der Waals surface area contributed by atoms with Crippen molar-refractivity contribution in [2.24, 2.45) is 0 Å². The van der Waals surface area contributed by atoms with E-state index in [1.54, 1.807) is 12.1 Å². The average Bonchev–Trinajstić information content (AvgIpc) is 2.41. The number of hydrogen-bond donors (Lipinski definition) is 1. The van der Waals surface area contributed by atoms with Gasteiger partial charge in [-0.3, -0.25) is 0 Å². The van der Waals surface area contributed by atoms with Gasteiger partial charge in [0.05, 0.1) is 5.75 Å². The van der Waals surface area contributed by atoms with Crippen LogP contribution in [0.4, 0.5) is 0 Å². The molecule has 3 nitrogen and oxygen atoms in total. The lowest BCUT2D eigenvalue weighted by Crippen LogP contribution is -2.28. The second-order valence-corrected chi connectivity index (χ2v) is 7.81. The first kappa shape index (κ1) is 16.2. The van der Waals surface area contributed by atoms with Gasteiger partial charge in [0.1, 0.15) is 0 Å². The first-order chi connectivity index (χ1) is 9.85. The number of aryl methyl sites for hydroxylation is 1. The van der Waals surface area contributed by atoms with Crippen LogP contribution in [0, 0.1) is 6.92 Å². The summed E-state index contributed by atoms with van der Waals surface area (Å²) in [5, 5.41) is 0. The molecule has 0 aliphatic heterocycles. The highest BCUT2D eigenvalue weighted by Crippen LogP contribution is 2.17. The fourth-order valence-corrected chi connectivity index (χ4v) is 3.69. The molecule has 0 aliphatic carbocycles. The molecule has 21 heavy (non-hydrogen) atoms. The number of halogens is 1. The third-order valence-corrected chi connectivity index (χ3v) is 5.16.